The molecule has 9 aliphatic rings. The Morgan fingerprint density at radius 3 is 1.14 bits per heavy atom. The molecule has 4 aromatic heterocycles. The van der Waals surface area contributed by atoms with Crippen LogP contribution in [0.15, 0.2) is 67.0 Å². The Labute approximate surface area is 466 Å². The number of fused-ring (bicyclic) bond motifs is 9. The van der Waals surface area contributed by atoms with Crippen molar-refractivity contribution in [3.8, 4) is 11.1 Å². The highest BCUT2D eigenvalue weighted by Crippen LogP contribution is 2.53. The van der Waals surface area contributed by atoms with Gasteiger partial charge < -0.3 is 10.2 Å². The third-order valence-electron chi connectivity index (χ3n) is 15.4. The highest BCUT2D eigenvalue weighted by molar-refractivity contribution is 7.50. The molecule has 9 saturated heterocycles. The highest BCUT2D eigenvalue weighted by Gasteiger charge is 2.41. The topological polar surface area (TPSA) is 86.3 Å². The molecule has 0 atom stereocenters. The summed E-state index contributed by atoms with van der Waals surface area (Å²) in [5, 5.41) is 3.47. The summed E-state index contributed by atoms with van der Waals surface area (Å²) in [5.74, 6) is 1.11. The number of nitrogens with zero attached hydrogens (tertiary/aromatic N) is 11. The van der Waals surface area contributed by atoms with E-state index in [9.17, 15) is 0 Å². The fraction of sp³-hybridized carbons (Fsp3) is 0.683. The number of hydrogen-bond acceptors (Lipinski definition) is 12. The molecule has 4 aromatic rings. The summed E-state index contributed by atoms with van der Waals surface area (Å²) < 4.78 is 8.22. The lowest BCUT2D eigenvalue weighted by Gasteiger charge is -2.47. The van der Waals surface area contributed by atoms with E-state index in [0.29, 0.717) is 29.0 Å². The van der Waals surface area contributed by atoms with Gasteiger partial charge in [-0.1, -0.05) is 33.8 Å². The van der Waals surface area contributed by atoms with Crippen LogP contribution in [-0.2, 0) is 0 Å². The molecule has 0 aliphatic carbocycles. The lowest BCUT2D eigenvalue weighted by Crippen LogP contribution is -2.55. The Morgan fingerprint density at radius 2 is 0.842 bits per heavy atom. The predicted molar refractivity (Wildman–Crippen MR) is 325 cm³/mol. The molecule has 0 unspecified atom stereocenters. The van der Waals surface area contributed by atoms with Crippen molar-refractivity contribution in [1.82, 2.24) is 58.9 Å². The first kappa shape index (κ1) is 63.5. The van der Waals surface area contributed by atoms with Crippen molar-refractivity contribution < 1.29 is 0 Å². The van der Waals surface area contributed by atoms with Gasteiger partial charge in [0.25, 0.3) is 0 Å². The number of hydrogen-bond donors (Lipinski definition) is 1. The summed E-state index contributed by atoms with van der Waals surface area (Å²) in [6.45, 7) is 58.1. The van der Waals surface area contributed by atoms with Gasteiger partial charge in [0.2, 0.25) is 0 Å². The number of aryl methyl sites for hydroxylation is 7. The van der Waals surface area contributed by atoms with Gasteiger partial charge in [0.1, 0.15) is 8.37 Å². The van der Waals surface area contributed by atoms with E-state index >= 15 is 0 Å². The van der Waals surface area contributed by atoms with Crippen molar-refractivity contribution in [1.29, 1.82) is 0 Å². The van der Waals surface area contributed by atoms with E-state index in [1.807, 2.05) is 71.9 Å². The zero-order chi connectivity index (χ0) is 55.6. The molecule has 0 spiro atoms. The van der Waals surface area contributed by atoms with Crippen LogP contribution in [0.25, 0.3) is 11.1 Å². The second-order valence-electron chi connectivity index (χ2n) is 25.2. The molecule has 9 aliphatic heterocycles. The molecular formula is C63H107N12P. The minimum absolute atomic E-state index is 0.307. The van der Waals surface area contributed by atoms with Crippen LogP contribution in [0.3, 0.4) is 0 Å². The zero-order valence-corrected chi connectivity index (χ0v) is 52.1. The first-order valence-corrected chi connectivity index (χ1v) is 30.5. The largest absolute Gasteiger partial charge is 0.316 e. The van der Waals surface area contributed by atoms with Gasteiger partial charge in [-0.3, -0.25) is 44.0 Å². The Bertz CT molecular complexity index is 2080. The van der Waals surface area contributed by atoms with Crippen LogP contribution >= 0.6 is 8.37 Å². The molecule has 13 heteroatoms. The van der Waals surface area contributed by atoms with Crippen LogP contribution in [0.1, 0.15) is 135 Å². The van der Waals surface area contributed by atoms with E-state index < -0.39 is 0 Å². The number of piperazine rings is 3. The van der Waals surface area contributed by atoms with Gasteiger partial charge in [0.15, 0.2) is 0 Å². The summed E-state index contributed by atoms with van der Waals surface area (Å²) in [5.41, 5.74) is 11.2. The first-order valence-electron chi connectivity index (χ1n) is 29.3. The van der Waals surface area contributed by atoms with E-state index in [0.717, 1.165) is 46.8 Å². The monoisotopic (exact) mass is 1060 g/mol. The Hall–Kier alpha value is -3.29. The van der Waals surface area contributed by atoms with Crippen LogP contribution in [0, 0.1) is 65.2 Å². The molecule has 0 aromatic carbocycles. The maximum absolute atomic E-state index is 4.34. The van der Waals surface area contributed by atoms with Crippen LogP contribution in [0.4, 0.5) is 0 Å². The van der Waals surface area contributed by atoms with Crippen LogP contribution in [-0.4, -0.2) is 177 Å². The van der Waals surface area contributed by atoms with Crippen molar-refractivity contribution in [2.24, 2.45) is 16.7 Å². The van der Waals surface area contributed by atoms with Crippen molar-refractivity contribution in [2.75, 3.05) is 105 Å². The van der Waals surface area contributed by atoms with E-state index in [-0.39, 0.29) is 8.37 Å². The molecule has 13 heterocycles. The van der Waals surface area contributed by atoms with Crippen LogP contribution < -0.4 is 5.32 Å². The average molecular weight is 1060 g/mol. The summed E-state index contributed by atoms with van der Waals surface area (Å²) >= 11 is 0. The van der Waals surface area contributed by atoms with E-state index in [2.05, 4.69) is 159 Å². The normalized spacial score (nSPS) is 25.3. The number of nitrogens with one attached hydrogen (secondary N) is 1. The van der Waals surface area contributed by atoms with Gasteiger partial charge >= 0.3 is 0 Å². The molecule has 0 radical (unpaired) electrons. The highest BCUT2D eigenvalue weighted by atomic mass is 31.2. The first-order chi connectivity index (χ1) is 36.0. The maximum atomic E-state index is 4.34. The molecule has 0 amide bonds. The summed E-state index contributed by atoms with van der Waals surface area (Å²) in [6, 6.07) is 20.2. The van der Waals surface area contributed by atoms with Crippen LogP contribution in [0.5, 0.6) is 0 Å². The minimum atomic E-state index is -0.307. The lowest BCUT2D eigenvalue weighted by atomic mass is 9.72. The van der Waals surface area contributed by atoms with Gasteiger partial charge in [0.05, 0.1) is 6.67 Å². The molecule has 0 saturated carbocycles. The van der Waals surface area contributed by atoms with E-state index in [1.165, 1.54) is 141 Å². The molecule has 76 heavy (non-hydrogen) atoms. The smallest absolute Gasteiger partial charge is 0.122 e. The molecule has 6 bridgehead atoms. The average Bonchev–Trinajstić information content (AvgIpc) is 3.68. The van der Waals surface area contributed by atoms with Crippen molar-refractivity contribution in [2.45, 2.75) is 162 Å². The molecular weight excluding hydrogens is 956 g/mol. The van der Waals surface area contributed by atoms with E-state index in [4.69, 9.17) is 0 Å². The fourth-order valence-corrected chi connectivity index (χ4v) is 14.7. The Balaban J connectivity index is 0.000000168. The second kappa shape index (κ2) is 30.9. The maximum Gasteiger partial charge on any atom is 0.122 e. The summed E-state index contributed by atoms with van der Waals surface area (Å²) in [6.07, 6.45) is 9.41. The second-order valence-corrected chi connectivity index (χ2v) is 27.2. The zero-order valence-electron chi connectivity index (χ0n) is 51.2. The number of aromatic nitrogens is 4. The minimum Gasteiger partial charge on any atom is -0.316 e. The molecule has 9 fully saturated rings. The number of pyridine rings is 4. The Kier molecular flexibility index (Phi) is 25.8. The quantitative estimate of drug-likeness (QED) is 0.198. The fourth-order valence-electron chi connectivity index (χ4n) is 11.7. The number of piperidine rings is 4. The summed E-state index contributed by atoms with van der Waals surface area (Å²) in [7, 11) is -0.307. The molecule has 424 valence electrons. The van der Waals surface area contributed by atoms with E-state index in [1.54, 1.807) is 12.4 Å². The van der Waals surface area contributed by atoms with Crippen molar-refractivity contribution in [3.05, 3.63) is 107 Å². The third kappa shape index (κ3) is 22.1. The summed E-state index contributed by atoms with van der Waals surface area (Å²) in [4.78, 5) is 27.1. The predicted octanol–water partition coefficient (Wildman–Crippen LogP) is 11.8. The molecule has 12 nitrogen and oxygen atoms in total. The Morgan fingerprint density at radius 1 is 0.461 bits per heavy atom. The van der Waals surface area contributed by atoms with Crippen LogP contribution in [0.2, 0.25) is 0 Å². The third-order valence-corrected chi connectivity index (χ3v) is 18.7. The van der Waals surface area contributed by atoms with Gasteiger partial charge in [0, 0.05) is 143 Å². The van der Waals surface area contributed by atoms with Gasteiger partial charge in [-0.2, -0.15) is 0 Å². The lowest BCUT2D eigenvalue weighted by molar-refractivity contribution is 0.0647. The van der Waals surface area contributed by atoms with Gasteiger partial charge in [-0.15, -0.1) is 0 Å². The SMILES string of the molecule is C1CN2CCC1CC2.C1CN2CCN1CC2.CC(C)N1CCN2CCN(C(C)C)P1N(C(C)C)C2.CC1(C)CNCC(C)(C)C1.Cc1cc(-c2ccncc2)cc(C)n1.Cc1cc(C)nc(C)c1.Cc1cccc(C)n1. The van der Waals surface area contributed by atoms with Crippen molar-refractivity contribution >= 4 is 8.37 Å². The van der Waals surface area contributed by atoms with Gasteiger partial charge in [-0.05, 0) is 217 Å². The van der Waals surface area contributed by atoms with Gasteiger partial charge in [-0.25, -0.2) is 4.67 Å². The molecule has 1 N–H and O–H groups in total. The van der Waals surface area contributed by atoms with Crippen molar-refractivity contribution in [3.63, 3.8) is 0 Å². The number of rotatable bonds is 4. The standard InChI is InChI=1S/C14H31N4P.C12H12N2.C9H19N.C8H11N.C7H13N.C7H9N.C6H12N2/c1-12(2)16-9-7-15-8-10-17(13(3)4)19(16)18(11-15)14(5)6;1-9-7-12(8-10(2)14-9)11-3-5-13-6-4-11;1-8(2)5-9(3,4)7-10-6-8;1-6-4-7(2)9-8(3)5-6;1-4-8-5-2-7(1)3-6-8;1-6-4-3-5-7(2)8-6;1-2-8-5-3-7(1)4-6-8/h12-14H,7-11H2,1-6H3;3-8H,1-2H3;10H,5-7H2,1-4H3;4-5H,1-3H3;7H,1-6H2;3-5H,1-2H3;1-6H2. The molecule has 13 rings (SSSR count).